The number of carbonyl (C=O) groups is 1. The third-order valence-corrected chi connectivity index (χ3v) is 6.88. The number of rotatable bonds is 7. The summed E-state index contributed by atoms with van der Waals surface area (Å²) in [5.41, 5.74) is 3.81. The van der Waals surface area contributed by atoms with Crippen LogP contribution in [0.1, 0.15) is 29.7 Å². The molecule has 1 amide bonds. The Balaban J connectivity index is 1.45. The van der Waals surface area contributed by atoms with Crippen molar-refractivity contribution in [3.63, 3.8) is 0 Å². The predicted octanol–water partition coefficient (Wildman–Crippen LogP) is 4.37. The first-order chi connectivity index (χ1) is 17.0. The van der Waals surface area contributed by atoms with Gasteiger partial charge in [-0.3, -0.25) is 18.6 Å². The summed E-state index contributed by atoms with van der Waals surface area (Å²) in [7, 11) is 0. The van der Waals surface area contributed by atoms with Crippen LogP contribution in [0.3, 0.4) is 0 Å². The third kappa shape index (κ3) is 4.70. The summed E-state index contributed by atoms with van der Waals surface area (Å²) >= 11 is 1.30. The molecule has 3 aromatic carbocycles. The number of amides is 1. The molecule has 0 saturated carbocycles. The lowest BCUT2D eigenvalue weighted by Crippen LogP contribution is -2.28. The average Bonchev–Trinajstić information content (AvgIpc) is 3.31. The number of hydrogen-bond donors (Lipinski definition) is 1. The highest BCUT2D eigenvalue weighted by Crippen LogP contribution is 2.22. The maximum atomic E-state index is 13.4. The SMILES string of the molecule is Cc1ccc(Cn2c(=O)c3ccccc3n3c(SCC(=O)NC(C)c4ccccc4)nnc23)cc1. The molecular weight excluding hydrogens is 458 g/mol. The van der Waals surface area contributed by atoms with Gasteiger partial charge in [0.05, 0.1) is 29.2 Å². The summed E-state index contributed by atoms with van der Waals surface area (Å²) < 4.78 is 3.51. The van der Waals surface area contributed by atoms with Crippen molar-refractivity contribution in [3.8, 4) is 0 Å². The smallest absolute Gasteiger partial charge is 0.263 e. The summed E-state index contributed by atoms with van der Waals surface area (Å²) in [6.07, 6.45) is 0. The number of aromatic nitrogens is 4. The minimum Gasteiger partial charge on any atom is -0.349 e. The maximum absolute atomic E-state index is 13.4. The van der Waals surface area contributed by atoms with Gasteiger partial charge in [-0.1, -0.05) is 84.1 Å². The van der Waals surface area contributed by atoms with Crippen molar-refractivity contribution in [1.82, 2.24) is 24.5 Å². The van der Waals surface area contributed by atoms with Gasteiger partial charge in [0.25, 0.3) is 5.56 Å². The number of aryl methyl sites for hydroxylation is 1. The third-order valence-electron chi connectivity index (χ3n) is 5.95. The van der Waals surface area contributed by atoms with E-state index in [4.69, 9.17) is 0 Å². The van der Waals surface area contributed by atoms with Crippen molar-refractivity contribution in [2.24, 2.45) is 0 Å². The van der Waals surface area contributed by atoms with Gasteiger partial charge in [0.15, 0.2) is 5.16 Å². The molecule has 0 saturated heterocycles. The van der Waals surface area contributed by atoms with Crippen LogP contribution in [-0.2, 0) is 11.3 Å². The van der Waals surface area contributed by atoms with Crippen molar-refractivity contribution in [2.75, 3.05) is 5.75 Å². The van der Waals surface area contributed by atoms with E-state index in [9.17, 15) is 9.59 Å². The molecule has 0 aliphatic rings. The fourth-order valence-corrected chi connectivity index (χ4v) is 4.84. The number of fused-ring (bicyclic) bond motifs is 3. The molecule has 5 rings (SSSR count). The van der Waals surface area contributed by atoms with Gasteiger partial charge in [-0.25, -0.2) is 0 Å². The molecule has 2 aromatic heterocycles. The van der Waals surface area contributed by atoms with Gasteiger partial charge in [0, 0.05) is 0 Å². The molecule has 35 heavy (non-hydrogen) atoms. The Bertz CT molecular complexity index is 1560. The zero-order valence-electron chi connectivity index (χ0n) is 19.5. The molecule has 1 unspecified atom stereocenters. The van der Waals surface area contributed by atoms with E-state index >= 15 is 0 Å². The lowest BCUT2D eigenvalue weighted by Gasteiger charge is -2.14. The highest BCUT2D eigenvalue weighted by atomic mass is 32.2. The lowest BCUT2D eigenvalue weighted by molar-refractivity contribution is -0.119. The maximum Gasteiger partial charge on any atom is 0.263 e. The normalized spacial score (nSPS) is 12.2. The Hall–Kier alpha value is -3.91. The van der Waals surface area contributed by atoms with Crippen molar-refractivity contribution in [1.29, 1.82) is 0 Å². The van der Waals surface area contributed by atoms with E-state index in [1.807, 2.05) is 97.1 Å². The molecule has 7 nitrogen and oxygen atoms in total. The van der Waals surface area contributed by atoms with Crippen LogP contribution >= 0.6 is 11.8 Å². The molecule has 0 radical (unpaired) electrons. The lowest BCUT2D eigenvalue weighted by atomic mass is 10.1. The summed E-state index contributed by atoms with van der Waals surface area (Å²) in [5.74, 6) is 0.541. The Labute approximate surface area is 206 Å². The van der Waals surface area contributed by atoms with Crippen LogP contribution in [0, 0.1) is 6.92 Å². The molecule has 1 atom stereocenters. The first kappa shape index (κ1) is 22.9. The zero-order valence-corrected chi connectivity index (χ0v) is 20.3. The summed E-state index contributed by atoms with van der Waals surface area (Å²) in [5, 5.41) is 12.9. The Morgan fingerprint density at radius 3 is 2.46 bits per heavy atom. The van der Waals surface area contributed by atoms with E-state index in [-0.39, 0.29) is 23.3 Å². The van der Waals surface area contributed by atoms with Crippen molar-refractivity contribution < 1.29 is 4.79 Å². The van der Waals surface area contributed by atoms with Crippen LogP contribution < -0.4 is 10.9 Å². The monoisotopic (exact) mass is 483 g/mol. The van der Waals surface area contributed by atoms with E-state index in [2.05, 4.69) is 15.5 Å². The predicted molar refractivity (Wildman–Crippen MR) is 139 cm³/mol. The largest absolute Gasteiger partial charge is 0.349 e. The van der Waals surface area contributed by atoms with Gasteiger partial charge in [-0.15, -0.1) is 10.2 Å². The molecule has 0 aliphatic heterocycles. The van der Waals surface area contributed by atoms with Gasteiger partial charge in [0.2, 0.25) is 11.7 Å². The van der Waals surface area contributed by atoms with Crippen LogP contribution in [0.15, 0.2) is 88.8 Å². The average molecular weight is 484 g/mol. The zero-order chi connectivity index (χ0) is 24.4. The van der Waals surface area contributed by atoms with Gasteiger partial charge >= 0.3 is 0 Å². The quantitative estimate of drug-likeness (QED) is 0.348. The second-order valence-electron chi connectivity index (χ2n) is 8.50. The van der Waals surface area contributed by atoms with Gasteiger partial charge < -0.3 is 5.32 Å². The number of carbonyl (C=O) groups excluding carboxylic acids is 1. The summed E-state index contributed by atoms with van der Waals surface area (Å²) in [6.45, 7) is 4.37. The number of nitrogens with zero attached hydrogens (tertiary/aromatic N) is 4. The van der Waals surface area contributed by atoms with Crippen LogP contribution in [0.25, 0.3) is 16.7 Å². The number of para-hydroxylation sites is 1. The molecule has 2 heterocycles. The van der Waals surface area contributed by atoms with Crippen LogP contribution in [0.5, 0.6) is 0 Å². The molecule has 0 spiro atoms. The highest BCUT2D eigenvalue weighted by Gasteiger charge is 2.18. The first-order valence-corrected chi connectivity index (χ1v) is 12.4. The molecule has 8 heteroatoms. The fraction of sp³-hybridized carbons (Fsp3) is 0.185. The van der Waals surface area contributed by atoms with Crippen LogP contribution in [0.4, 0.5) is 0 Å². The molecule has 0 bridgehead atoms. The highest BCUT2D eigenvalue weighted by molar-refractivity contribution is 7.99. The molecular formula is C27H25N5O2S. The van der Waals surface area contributed by atoms with Gasteiger partial charge in [-0.2, -0.15) is 0 Å². The van der Waals surface area contributed by atoms with Crippen molar-refractivity contribution >= 4 is 34.3 Å². The van der Waals surface area contributed by atoms with Gasteiger partial charge in [0.1, 0.15) is 0 Å². The molecule has 0 fully saturated rings. The second-order valence-corrected chi connectivity index (χ2v) is 9.44. The first-order valence-electron chi connectivity index (χ1n) is 11.4. The van der Waals surface area contributed by atoms with E-state index in [0.29, 0.717) is 22.9 Å². The number of thioether (sulfide) groups is 1. The van der Waals surface area contributed by atoms with E-state index in [1.165, 1.54) is 11.8 Å². The van der Waals surface area contributed by atoms with Crippen LogP contribution in [-0.4, -0.2) is 30.8 Å². The summed E-state index contributed by atoms with van der Waals surface area (Å²) in [4.78, 5) is 26.0. The number of nitrogens with one attached hydrogen (secondary N) is 1. The molecule has 1 N–H and O–H groups in total. The van der Waals surface area contributed by atoms with Crippen molar-refractivity contribution in [2.45, 2.75) is 31.6 Å². The van der Waals surface area contributed by atoms with Crippen molar-refractivity contribution in [3.05, 3.63) is 106 Å². The number of hydrogen-bond acceptors (Lipinski definition) is 5. The molecule has 5 aromatic rings. The topological polar surface area (TPSA) is 81.3 Å². The Morgan fingerprint density at radius 1 is 0.971 bits per heavy atom. The molecule has 0 aliphatic carbocycles. The molecule has 176 valence electrons. The summed E-state index contributed by atoms with van der Waals surface area (Å²) in [6, 6.07) is 25.2. The van der Waals surface area contributed by atoms with E-state index in [0.717, 1.165) is 22.2 Å². The second kappa shape index (κ2) is 9.76. The number of benzene rings is 3. The minimum atomic E-state index is -0.118. The standard InChI is InChI=1S/C27H25N5O2S/c1-18-12-14-20(15-13-18)16-31-25(34)22-10-6-7-11-23(22)32-26(31)29-30-27(32)35-17-24(33)28-19(2)21-8-4-3-5-9-21/h3-15,19H,16-17H2,1-2H3,(H,28,33). The van der Waals surface area contributed by atoms with E-state index < -0.39 is 0 Å². The van der Waals surface area contributed by atoms with Crippen LogP contribution in [0.2, 0.25) is 0 Å². The van der Waals surface area contributed by atoms with Gasteiger partial charge in [-0.05, 0) is 37.1 Å². The Morgan fingerprint density at radius 2 is 1.69 bits per heavy atom. The fourth-order valence-electron chi connectivity index (χ4n) is 4.08. The van der Waals surface area contributed by atoms with E-state index in [1.54, 1.807) is 4.57 Å². The minimum absolute atomic E-state index is 0.0969. The Kier molecular flexibility index (Phi) is 6.37.